The number of aromatic hydroxyl groups is 1. The number of phenolic OH excluding ortho intramolecular Hbond substituents is 1. The molecule has 0 saturated heterocycles. The van der Waals surface area contributed by atoms with E-state index in [2.05, 4.69) is 31.2 Å². The number of hydrogen-bond acceptors (Lipinski definition) is 2. The van der Waals surface area contributed by atoms with E-state index in [0.29, 0.717) is 5.75 Å². The Balaban J connectivity index is 2.30. The van der Waals surface area contributed by atoms with Crippen molar-refractivity contribution >= 4 is 11.4 Å². The van der Waals surface area contributed by atoms with E-state index in [1.165, 1.54) is 5.56 Å². The minimum atomic E-state index is 0.301. The highest BCUT2D eigenvalue weighted by Crippen LogP contribution is 2.31. The van der Waals surface area contributed by atoms with Crippen molar-refractivity contribution in [2.24, 2.45) is 0 Å². The van der Waals surface area contributed by atoms with Crippen molar-refractivity contribution in [3.8, 4) is 5.75 Å². The van der Waals surface area contributed by atoms with Crippen LogP contribution in [0.4, 0.5) is 11.4 Å². The van der Waals surface area contributed by atoms with E-state index < -0.39 is 0 Å². The number of anilines is 2. The number of nitrogens with zero attached hydrogens (tertiary/aromatic N) is 1. The zero-order valence-electron chi connectivity index (χ0n) is 10.2. The maximum Gasteiger partial charge on any atom is 0.139 e. The first kappa shape index (κ1) is 11.5. The lowest BCUT2D eigenvalue weighted by molar-refractivity contribution is 0.476. The van der Waals surface area contributed by atoms with Crippen molar-refractivity contribution < 1.29 is 5.11 Å². The second-order valence-electron chi connectivity index (χ2n) is 4.07. The topological polar surface area (TPSA) is 23.5 Å². The average Bonchev–Trinajstić information content (AvgIpc) is 2.39. The van der Waals surface area contributed by atoms with Crippen LogP contribution in [0.25, 0.3) is 0 Å². The van der Waals surface area contributed by atoms with Gasteiger partial charge in [0, 0.05) is 12.7 Å². The van der Waals surface area contributed by atoms with Gasteiger partial charge >= 0.3 is 0 Å². The van der Waals surface area contributed by atoms with Crippen LogP contribution in [-0.2, 0) is 6.42 Å². The predicted molar refractivity (Wildman–Crippen MR) is 72.0 cm³/mol. The first-order valence-corrected chi connectivity index (χ1v) is 5.83. The molecule has 0 fully saturated rings. The van der Waals surface area contributed by atoms with Gasteiger partial charge in [-0.1, -0.05) is 31.2 Å². The summed E-state index contributed by atoms with van der Waals surface area (Å²) in [7, 11) is 1.95. The van der Waals surface area contributed by atoms with Gasteiger partial charge in [0.2, 0.25) is 0 Å². The molecule has 0 heterocycles. The molecule has 0 unspecified atom stereocenters. The maximum absolute atomic E-state index is 9.80. The van der Waals surface area contributed by atoms with Gasteiger partial charge in [0.25, 0.3) is 0 Å². The van der Waals surface area contributed by atoms with E-state index in [4.69, 9.17) is 0 Å². The van der Waals surface area contributed by atoms with Crippen LogP contribution in [-0.4, -0.2) is 12.2 Å². The molecule has 17 heavy (non-hydrogen) atoms. The number of aryl methyl sites for hydroxylation is 1. The molecule has 0 aliphatic rings. The summed E-state index contributed by atoms with van der Waals surface area (Å²) in [4.78, 5) is 1.98. The molecule has 0 aromatic heterocycles. The van der Waals surface area contributed by atoms with Gasteiger partial charge in [-0.2, -0.15) is 0 Å². The third-order valence-electron chi connectivity index (χ3n) is 2.97. The van der Waals surface area contributed by atoms with Crippen molar-refractivity contribution in [1.82, 2.24) is 0 Å². The Kier molecular flexibility index (Phi) is 3.33. The van der Waals surface area contributed by atoms with Gasteiger partial charge in [-0.05, 0) is 36.2 Å². The van der Waals surface area contributed by atoms with Crippen molar-refractivity contribution in [2.75, 3.05) is 11.9 Å². The second kappa shape index (κ2) is 4.91. The monoisotopic (exact) mass is 227 g/mol. The van der Waals surface area contributed by atoms with E-state index in [1.54, 1.807) is 6.07 Å². The molecule has 2 heteroatoms. The van der Waals surface area contributed by atoms with E-state index in [-0.39, 0.29) is 0 Å². The predicted octanol–water partition coefficient (Wildman–Crippen LogP) is 3.72. The Morgan fingerprint density at radius 3 is 2.24 bits per heavy atom. The van der Waals surface area contributed by atoms with Gasteiger partial charge < -0.3 is 10.0 Å². The molecule has 0 aliphatic carbocycles. The van der Waals surface area contributed by atoms with Gasteiger partial charge in [0.15, 0.2) is 0 Å². The summed E-state index contributed by atoms with van der Waals surface area (Å²) in [6, 6.07) is 15.7. The second-order valence-corrected chi connectivity index (χ2v) is 4.07. The van der Waals surface area contributed by atoms with Gasteiger partial charge in [-0.15, -0.1) is 0 Å². The van der Waals surface area contributed by atoms with Crippen molar-refractivity contribution in [3.63, 3.8) is 0 Å². The van der Waals surface area contributed by atoms with Crippen molar-refractivity contribution in [3.05, 3.63) is 54.1 Å². The van der Waals surface area contributed by atoms with Crippen molar-refractivity contribution in [1.29, 1.82) is 0 Å². The Labute approximate surface area is 102 Å². The fourth-order valence-corrected chi connectivity index (χ4v) is 1.84. The smallest absolute Gasteiger partial charge is 0.139 e. The zero-order valence-corrected chi connectivity index (χ0v) is 10.2. The lowest BCUT2D eigenvalue weighted by Gasteiger charge is -2.20. The highest BCUT2D eigenvalue weighted by atomic mass is 16.3. The van der Waals surface area contributed by atoms with E-state index in [9.17, 15) is 5.11 Å². The molecule has 1 N–H and O–H groups in total. The summed E-state index contributed by atoms with van der Waals surface area (Å²) >= 11 is 0. The molecule has 0 saturated carbocycles. The molecule has 2 aromatic rings. The third kappa shape index (κ3) is 2.41. The molecule has 88 valence electrons. The van der Waals surface area contributed by atoms with Crippen LogP contribution >= 0.6 is 0 Å². The normalized spacial score (nSPS) is 10.2. The molecular weight excluding hydrogens is 210 g/mol. The number of phenols is 1. The summed E-state index contributed by atoms with van der Waals surface area (Å²) in [5.41, 5.74) is 3.21. The Bertz CT molecular complexity index is 491. The molecule has 0 radical (unpaired) electrons. The third-order valence-corrected chi connectivity index (χ3v) is 2.97. The van der Waals surface area contributed by atoms with E-state index in [1.807, 2.05) is 30.1 Å². The maximum atomic E-state index is 9.80. The fourth-order valence-electron chi connectivity index (χ4n) is 1.84. The van der Waals surface area contributed by atoms with E-state index >= 15 is 0 Å². The summed E-state index contributed by atoms with van der Waals surface area (Å²) in [6.45, 7) is 2.14. The van der Waals surface area contributed by atoms with Crippen LogP contribution in [0.1, 0.15) is 12.5 Å². The lowest BCUT2D eigenvalue weighted by atomic mass is 10.1. The minimum absolute atomic E-state index is 0.301. The van der Waals surface area contributed by atoms with Crippen LogP contribution < -0.4 is 4.90 Å². The summed E-state index contributed by atoms with van der Waals surface area (Å²) in [5.74, 6) is 0.301. The zero-order chi connectivity index (χ0) is 12.3. The first-order chi connectivity index (χ1) is 8.22. The molecule has 0 amide bonds. The molecule has 0 aliphatic heterocycles. The van der Waals surface area contributed by atoms with Crippen LogP contribution in [0, 0.1) is 0 Å². The van der Waals surface area contributed by atoms with Gasteiger partial charge in [-0.25, -0.2) is 0 Å². The first-order valence-electron chi connectivity index (χ1n) is 5.83. The fraction of sp³-hybridized carbons (Fsp3) is 0.200. The molecule has 2 rings (SSSR count). The number of hydrogen-bond donors (Lipinski definition) is 1. The van der Waals surface area contributed by atoms with Crippen LogP contribution in [0.15, 0.2) is 48.5 Å². The Morgan fingerprint density at radius 2 is 1.65 bits per heavy atom. The SMILES string of the molecule is CCc1ccc(N(C)c2ccccc2O)cc1. The summed E-state index contributed by atoms with van der Waals surface area (Å²) in [5, 5.41) is 9.80. The van der Waals surface area contributed by atoms with Gasteiger partial charge in [-0.3, -0.25) is 0 Å². The van der Waals surface area contributed by atoms with Crippen LogP contribution in [0.5, 0.6) is 5.75 Å². The van der Waals surface area contributed by atoms with E-state index in [0.717, 1.165) is 17.8 Å². The number of rotatable bonds is 3. The summed E-state index contributed by atoms with van der Waals surface area (Å²) < 4.78 is 0. The molecular formula is C15H17NO. The summed E-state index contributed by atoms with van der Waals surface area (Å²) in [6.07, 6.45) is 1.04. The van der Waals surface area contributed by atoms with Gasteiger partial charge in [0.05, 0.1) is 5.69 Å². The van der Waals surface area contributed by atoms with Crippen LogP contribution in [0.3, 0.4) is 0 Å². The molecule has 0 atom stereocenters. The quantitative estimate of drug-likeness (QED) is 0.863. The highest BCUT2D eigenvalue weighted by molar-refractivity contribution is 5.68. The van der Waals surface area contributed by atoms with Crippen LogP contribution in [0.2, 0.25) is 0 Å². The minimum Gasteiger partial charge on any atom is -0.506 e. The molecule has 2 nitrogen and oxygen atoms in total. The Morgan fingerprint density at radius 1 is 1.00 bits per heavy atom. The largest absolute Gasteiger partial charge is 0.506 e. The Hall–Kier alpha value is -1.96. The number of benzene rings is 2. The molecule has 0 spiro atoms. The molecule has 2 aromatic carbocycles. The van der Waals surface area contributed by atoms with Gasteiger partial charge in [0.1, 0.15) is 5.75 Å². The lowest BCUT2D eigenvalue weighted by Crippen LogP contribution is -2.09. The molecule has 0 bridgehead atoms. The average molecular weight is 227 g/mol. The van der Waals surface area contributed by atoms with Crippen molar-refractivity contribution in [2.45, 2.75) is 13.3 Å². The number of para-hydroxylation sites is 2. The standard InChI is InChI=1S/C15H17NO/c1-3-12-8-10-13(11-9-12)16(2)14-6-4-5-7-15(14)17/h4-11,17H,3H2,1-2H3. The highest BCUT2D eigenvalue weighted by Gasteiger charge is 2.07.